The Labute approximate surface area is 165 Å². The van der Waals surface area contributed by atoms with E-state index in [9.17, 15) is 9.59 Å². The minimum Gasteiger partial charge on any atom is -0.493 e. The molecule has 0 fully saturated rings. The lowest BCUT2D eigenvalue weighted by Gasteiger charge is -2.12. The lowest BCUT2D eigenvalue weighted by molar-refractivity contribution is 0.0309. The molecule has 0 unspecified atom stereocenters. The van der Waals surface area contributed by atoms with Gasteiger partial charge in [-0.1, -0.05) is 30.3 Å². The van der Waals surface area contributed by atoms with Crippen LogP contribution in [0.5, 0.6) is 5.75 Å². The molecule has 0 saturated heterocycles. The summed E-state index contributed by atoms with van der Waals surface area (Å²) in [7, 11) is 1.45. The summed E-state index contributed by atoms with van der Waals surface area (Å²) in [6.07, 6.45) is 0.818. The smallest absolute Gasteiger partial charge is 0.363 e. The van der Waals surface area contributed by atoms with Crippen LogP contribution in [-0.2, 0) is 4.74 Å². The van der Waals surface area contributed by atoms with Crippen molar-refractivity contribution in [2.75, 3.05) is 7.11 Å². The zero-order valence-electron chi connectivity index (χ0n) is 15.8. The summed E-state index contributed by atoms with van der Waals surface area (Å²) in [5.74, 6) is -0.144. The van der Waals surface area contributed by atoms with Crippen molar-refractivity contribution < 1.29 is 14.3 Å². The first-order valence-electron chi connectivity index (χ1n) is 8.96. The Kier molecular flexibility index (Phi) is 4.82. The maximum atomic E-state index is 12.7. The summed E-state index contributed by atoms with van der Waals surface area (Å²) < 4.78 is 12.3. The molecule has 8 heteroatoms. The number of esters is 1. The quantitative estimate of drug-likeness (QED) is 0.526. The third kappa shape index (κ3) is 3.60. The molecule has 0 bridgehead atoms. The van der Waals surface area contributed by atoms with Gasteiger partial charge in [-0.25, -0.2) is 14.5 Å². The molecular weight excluding hydrogens is 372 g/mol. The predicted octanol–water partition coefficient (Wildman–Crippen LogP) is 3.04. The predicted molar refractivity (Wildman–Crippen MR) is 106 cm³/mol. The molecule has 29 heavy (non-hydrogen) atoms. The van der Waals surface area contributed by atoms with Gasteiger partial charge in [-0.05, 0) is 31.2 Å². The standard InChI is InChI=1S/C21H18N4O4/c1-13(19-22-16-11-7-6-10-15(16)20(26)23-19)29-21(27)18-17(28-2)12-25(24-18)14-8-4-3-5-9-14/h3-13H,1-2H3,(H,22,23,26)/t13-/m0/s1. The van der Waals surface area contributed by atoms with Crippen molar-refractivity contribution in [3.8, 4) is 11.4 Å². The number of nitrogens with zero attached hydrogens (tertiary/aromatic N) is 3. The van der Waals surface area contributed by atoms with E-state index in [1.54, 1.807) is 37.4 Å². The monoisotopic (exact) mass is 390 g/mol. The highest BCUT2D eigenvalue weighted by atomic mass is 16.5. The molecular formula is C21H18N4O4. The topological polar surface area (TPSA) is 99.1 Å². The summed E-state index contributed by atoms with van der Waals surface area (Å²) >= 11 is 0. The van der Waals surface area contributed by atoms with Gasteiger partial charge < -0.3 is 14.5 Å². The van der Waals surface area contributed by atoms with Crippen LogP contribution in [0.25, 0.3) is 16.6 Å². The van der Waals surface area contributed by atoms with E-state index in [-0.39, 0.29) is 22.8 Å². The van der Waals surface area contributed by atoms with Crippen LogP contribution in [-0.4, -0.2) is 32.8 Å². The molecule has 0 spiro atoms. The third-order valence-corrected chi connectivity index (χ3v) is 4.41. The van der Waals surface area contributed by atoms with E-state index in [1.807, 2.05) is 30.3 Å². The molecule has 0 aliphatic carbocycles. The zero-order chi connectivity index (χ0) is 20.4. The van der Waals surface area contributed by atoms with E-state index in [0.717, 1.165) is 5.69 Å². The van der Waals surface area contributed by atoms with Crippen LogP contribution in [0.1, 0.15) is 29.3 Å². The molecule has 2 aromatic carbocycles. The number of aromatic amines is 1. The van der Waals surface area contributed by atoms with E-state index in [1.165, 1.54) is 11.8 Å². The lowest BCUT2D eigenvalue weighted by Crippen LogP contribution is -2.18. The number of nitrogens with one attached hydrogen (secondary N) is 1. The van der Waals surface area contributed by atoms with Gasteiger partial charge in [0.1, 0.15) is 0 Å². The van der Waals surface area contributed by atoms with E-state index >= 15 is 0 Å². The molecule has 0 amide bonds. The minimum atomic E-state index is -0.786. The van der Waals surface area contributed by atoms with Crippen molar-refractivity contribution in [1.82, 2.24) is 19.7 Å². The Balaban J connectivity index is 1.61. The fraction of sp³-hybridized carbons (Fsp3) is 0.143. The number of para-hydroxylation sites is 2. The lowest BCUT2D eigenvalue weighted by atomic mass is 10.2. The van der Waals surface area contributed by atoms with Gasteiger partial charge >= 0.3 is 5.97 Å². The molecule has 146 valence electrons. The Hall–Kier alpha value is -3.94. The molecule has 1 atom stereocenters. The van der Waals surface area contributed by atoms with Gasteiger partial charge in [0.05, 0.1) is 29.9 Å². The molecule has 4 aromatic rings. The second kappa shape index (κ2) is 7.59. The van der Waals surface area contributed by atoms with Crippen LogP contribution in [0.3, 0.4) is 0 Å². The SMILES string of the molecule is COc1cn(-c2ccccc2)nc1C(=O)O[C@@H](C)c1nc2ccccc2c(=O)[nH]1. The normalized spacial score (nSPS) is 11.9. The van der Waals surface area contributed by atoms with Gasteiger partial charge in [0, 0.05) is 0 Å². The molecule has 0 radical (unpaired) electrons. The maximum absolute atomic E-state index is 12.7. The van der Waals surface area contributed by atoms with Crippen molar-refractivity contribution >= 4 is 16.9 Å². The van der Waals surface area contributed by atoms with Gasteiger partial charge in [0.2, 0.25) is 5.69 Å². The average Bonchev–Trinajstić information content (AvgIpc) is 3.19. The first kappa shape index (κ1) is 18.4. The molecule has 2 heterocycles. The summed E-state index contributed by atoms with van der Waals surface area (Å²) in [6.45, 7) is 1.63. The molecule has 8 nitrogen and oxygen atoms in total. The first-order chi connectivity index (χ1) is 14.1. The molecule has 0 saturated carbocycles. The number of hydrogen-bond acceptors (Lipinski definition) is 6. The van der Waals surface area contributed by atoms with Crippen molar-refractivity contribution in [2.45, 2.75) is 13.0 Å². The number of carbonyl (C=O) groups excluding carboxylic acids is 1. The fourth-order valence-corrected chi connectivity index (χ4v) is 2.93. The number of carbonyl (C=O) groups is 1. The number of benzene rings is 2. The van der Waals surface area contributed by atoms with Gasteiger partial charge in [-0.3, -0.25) is 4.79 Å². The second-order valence-corrected chi connectivity index (χ2v) is 6.34. The Morgan fingerprint density at radius 3 is 2.59 bits per heavy atom. The second-order valence-electron chi connectivity index (χ2n) is 6.34. The highest BCUT2D eigenvalue weighted by molar-refractivity contribution is 5.90. The van der Waals surface area contributed by atoms with Gasteiger partial charge in [0.25, 0.3) is 5.56 Å². The fourth-order valence-electron chi connectivity index (χ4n) is 2.93. The van der Waals surface area contributed by atoms with Crippen LogP contribution < -0.4 is 10.3 Å². The van der Waals surface area contributed by atoms with Gasteiger partial charge in [0.15, 0.2) is 17.7 Å². The number of aromatic nitrogens is 4. The van der Waals surface area contributed by atoms with Gasteiger partial charge in [-0.2, -0.15) is 5.10 Å². The number of fused-ring (bicyclic) bond motifs is 1. The van der Waals surface area contributed by atoms with Crippen LogP contribution in [0.2, 0.25) is 0 Å². The largest absolute Gasteiger partial charge is 0.493 e. The third-order valence-electron chi connectivity index (χ3n) is 4.41. The van der Waals surface area contributed by atoms with Gasteiger partial charge in [-0.15, -0.1) is 0 Å². The summed E-state index contributed by atoms with van der Waals surface area (Å²) in [5.41, 5.74) is 1.05. The number of methoxy groups -OCH3 is 1. The van der Waals surface area contributed by atoms with E-state index < -0.39 is 12.1 Å². The summed E-state index contributed by atoms with van der Waals surface area (Å²) in [5, 5.41) is 4.76. The Morgan fingerprint density at radius 1 is 1.10 bits per heavy atom. The zero-order valence-corrected chi connectivity index (χ0v) is 15.8. The molecule has 4 rings (SSSR count). The van der Waals surface area contributed by atoms with Crippen molar-refractivity contribution in [3.05, 3.63) is 82.7 Å². The molecule has 0 aliphatic rings. The van der Waals surface area contributed by atoms with E-state index in [0.29, 0.717) is 10.9 Å². The van der Waals surface area contributed by atoms with Crippen LogP contribution >= 0.6 is 0 Å². The molecule has 2 aromatic heterocycles. The van der Waals surface area contributed by atoms with E-state index in [2.05, 4.69) is 15.1 Å². The number of rotatable bonds is 5. The average molecular weight is 390 g/mol. The maximum Gasteiger partial charge on any atom is 0.363 e. The molecule has 0 aliphatic heterocycles. The van der Waals surface area contributed by atoms with E-state index in [4.69, 9.17) is 9.47 Å². The van der Waals surface area contributed by atoms with Crippen LogP contribution in [0.15, 0.2) is 65.6 Å². The van der Waals surface area contributed by atoms with Crippen molar-refractivity contribution in [1.29, 1.82) is 0 Å². The Bertz CT molecular complexity index is 1230. The minimum absolute atomic E-state index is 0.0336. The van der Waals surface area contributed by atoms with Crippen molar-refractivity contribution in [3.63, 3.8) is 0 Å². The van der Waals surface area contributed by atoms with Crippen molar-refractivity contribution in [2.24, 2.45) is 0 Å². The highest BCUT2D eigenvalue weighted by Gasteiger charge is 2.23. The molecule has 1 N–H and O–H groups in total. The number of ether oxygens (including phenoxy) is 2. The number of H-pyrrole nitrogens is 1. The summed E-state index contributed by atoms with van der Waals surface area (Å²) in [6, 6.07) is 16.3. The summed E-state index contributed by atoms with van der Waals surface area (Å²) in [4.78, 5) is 32.0. The first-order valence-corrected chi connectivity index (χ1v) is 8.96. The number of hydrogen-bond donors (Lipinski definition) is 1. The van der Waals surface area contributed by atoms with Crippen LogP contribution in [0, 0.1) is 0 Å². The Morgan fingerprint density at radius 2 is 1.83 bits per heavy atom. The highest BCUT2D eigenvalue weighted by Crippen LogP contribution is 2.23. The van der Waals surface area contributed by atoms with Crippen LogP contribution in [0.4, 0.5) is 0 Å².